The molecule has 5 atom stereocenters. The van der Waals surface area contributed by atoms with Crippen molar-refractivity contribution in [1.82, 2.24) is 0 Å². The first-order valence-electron chi connectivity index (χ1n) is 12.7. The zero-order chi connectivity index (χ0) is 25.0. The van der Waals surface area contributed by atoms with Crippen LogP contribution in [0.15, 0.2) is 48.5 Å². The average Bonchev–Trinajstić information content (AvgIpc) is 3.64. The number of esters is 1. The fraction of sp³-hybridized carbons (Fsp3) is 0.429. The van der Waals surface area contributed by atoms with Gasteiger partial charge in [0.1, 0.15) is 11.5 Å². The van der Waals surface area contributed by atoms with Crippen molar-refractivity contribution < 1.29 is 28.7 Å². The third-order valence-electron chi connectivity index (χ3n) is 8.16. The molecule has 0 unspecified atom stereocenters. The van der Waals surface area contributed by atoms with Crippen LogP contribution >= 0.6 is 0 Å². The smallest absolute Gasteiger partial charge is 0.316 e. The van der Waals surface area contributed by atoms with E-state index in [1.54, 1.807) is 53.4 Å². The molecule has 0 aromatic heterocycles. The summed E-state index contributed by atoms with van der Waals surface area (Å²) in [5.41, 5.74) is 1.22. The summed E-state index contributed by atoms with van der Waals surface area (Å²) in [5, 5.41) is 0. The maximum atomic E-state index is 13.0. The Morgan fingerprint density at radius 3 is 2.06 bits per heavy atom. The molecule has 2 aliphatic heterocycles. The second kappa shape index (κ2) is 8.76. The quantitative estimate of drug-likeness (QED) is 0.351. The lowest BCUT2D eigenvalue weighted by atomic mass is 9.81. The van der Waals surface area contributed by atoms with Crippen molar-refractivity contribution in [2.24, 2.45) is 29.6 Å². The molecule has 0 spiro atoms. The minimum absolute atomic E-state index is 0.0754. The van der Waals surface area contributed by atoms with Crippen LogP contribution in [0.25, 0.3) is 0 Å². The summed E-state index contributed by atoms with van der Waals surface area (Å²) in [6, 6.07) is 13.7. The van der Waals surface area contributed by atoms with Crippen LogP contribution in [0.1, 0.15) is 32.6 Å². The Morgan fingerprint density at radius 2 is 1.44 bits per heavy atom. The fourth-order valence-corrected chi connectivity index (χ4v) is 6.53. The molecule has 3 amide bonds. The van der Waals surface area contributed by atoms with Gasteiger partial charge in [0.2, 0.25) is 17.7 Å². The Morgan fingerprint density at radius 1 is 0.861 bits per heavy atom. The zero-order valence-electron chi connectivity index (χ0n) is 20.1. The van der Waals surface area contributed by atoms with Gasteiger partial charge in [-0.05, 0) is 86.6 Å². The molecule has 2 heterocycles. The van der Waals surface area contributed by atoms with Gasteiger partial charge in [-0.25, -0.2) is 0 Å². The van der Waals surface area contributed by atoms with Gasteiger partial charge in [0.25, 0.3) is 0 Å². The maximum absolute atomic E-state index is 13.0. The van der Waals surface area contributed by atoms with Crippen molar-refractivity contribution >= 4 is 35.1 Å². The second-order valence-electron chi connectivity index (χ2n) is 10.1. The third kappa shape index (κ3) is 3.67. The first kappa shape index (κ1) is 22.8. The first-order chi connectivity index (χ1) is 17.4. The topological polar surface area (TPSA) is 93.2 Å². The van der Waals surface area contributed by atoms with Crippen LogP contribution in [0, 0.1) is 29.6 Å². The molecule has 8 heteroatoms. The van der Waals surface area contributed by atoms with E-state index in [1.165, 1.54) is 4.90 Å². The molecule has 6 rings (SSSR count). The van der Waals surface area contributed by atoms with E-state index < -0.39 is 11.9 Å². The molecule has 4 fully saturated rings. The molecule has 2 aliphatic carbocycles. The number of hydrogen-bond acceptors (Lipinski definition) is 6. The Bertz CT molecular complexity index is 1200. The van der Waals surface area contributed by atoms with Gasteiger partial charge in [-0.15, -0.1) is 0 Å². The molecule has 0 N–H and O–H groups in total. The van der Waals surface area contributed by atoms with Crippen LogP contribution in [-0.4, -0.2) is 36.8 Å². The summed E-state index contributed by atoms with van der Waals surface area (Å²) in [6.45, 7) is 2.70. The summed E-state index contributed by atoms with van der Waals surface area (Å²) < 4.78 is 11.0. The van der Waals surface area contributed by atoms with E-state index in [1.807, 2.05) is 6.92 Å². The van der Waals surface area contributed by atoms with Gasteiger partial charge >= 0.3 is 5.97 Å². The molecule has 2 bridgehead atoms. The number of amides is 3. The van der Waals surface area contributed by atoms with E-state index in [2.05, 4.69) is 0 Å². The SMILES string of the molecule is CCOc1ccc(N2C[C@H](C(=O)Oc3ccc(N4C(=O)[C@H]5[C@@H]6CC[C@@H](C6)[C@@H]5C4=O)cc3)CC2=O)cc1. The summed E-state index contributed by atoms with van der Waals surface area (Å²) in [6.07, 6.45) is 3.14. The highest BCUT2D eigenvalue weighted by Crippen LogP contribution is 2.56. The number of fused-ring (bicyclic) bond motifs is 5. The Labute approximate surface area is 209 Å². The van der Waals surface area contributed by atoms with Crippen LogP contribution in [0.3, 0.4) is 0 Å². The predicted octanol–water partition coefficient (Wildman–Crippen LogP) is 3.58. The van der Waals surface area contributed by atoms with E-state index in [-0.39, 0.29) is 42.5 Å². The van der Waals surface area contributed by atoms with Crippen molar-refractivity contribution in [2.75, 3.05) is 23.0 Å². The molecule has 2 aromatic rings. The average molecular weight is 489 g/mol. The highest BCUT2D eigenvalue weighted by atomic mass is 16.5. The van der Waals surface area contributed by atoms with Crippen LogP contribution in [0.2, 0.25) is 0 Å². The van der Waals surface area contributed by atoms with E-state index in [4.69, 9.17) is 9.47 Å². The van der Waals surface area contributed by atoms with Crippen LogP contribution in [0.5, 0.6) is 11.5 Å². The molecule has 4 aliphatic rings. The number of ether oxygens (including phenoxy) is 2. The van der Waals surface area contributed by atoms with Crippen LogP contribution < -0.4 is 19.3 Å². The number of anilines is 2. The van der Waals surface area contributed by atoms with E-state index >= 15 is 0 Å². The number of nitrogens with zero attached hydrogens (tertiary/aromatic N) is 2. The van der Waals surface area contributed by atoms with Crippen LogP contribution in [0.4, 0.5) is 11.4 Å². The molecule has 2 saturated carbocycles. The number of carbonyl (C=O) groups is 4. The Kier molecular flexibility index (Phi) is 5.54. The van der Waals surface area contributed by atoms with E-state index in [9.17, 15) is 19.2 Å². The third-order valence-corrected chi connectivity index (χ3v) is 8.16. The summed E-state index contributed by atoms with van der Waals surface area (Å²) >= 11 is 0. The Balaban J connectivity index is 1.10. The van der Waals surface area contributed by atoms with E-state index in [0.29, 0.717) is 35.6 Å². The lowest BCUT2D eigenvalue weighted by Gasteiger charge is -2.19. The van der Waals surface area contributed by atoms with Gasteiger partial charge in [-0.1, -0.05) is 0 Å². The lowest BCUT2D eigenvalue weighted by molar-refractivity contribution is -0.139. The van der Waals surface area contributed by atoms with Crippen molar-refractivity contribution in [2.45, 2.75) is 32.6 Å². The zero-order valence-corrected chi connectivity index (χ0v) is 20.1. The van der Waals surface area contributed by atoms with Crippen molar-refractivity contribution in [1.29, 1.82) is 0 Å². The molecule has 186 valence electrons. The van der Waals surface area contributed by atoms with Crippen molar-refractivity contribution in [3.05, 3.63) is 48.5 Å². The summed E-state index contributed by atoms with van der Waals surface area (Å²) in [4.78, 5) is 54.3. The monoisotopic (exact) mass is 488 g/mol. The van der Waals surface area contributed by atoms with Gasteiger partial charge in [-0.3, -0.25) is 24.1 Å². The molecule has 0 radical (unpaired) electrons. The predicted molar refractivity (Wildman–Crippen MR) is 130 cm³/mol. The number of carbonyl (C=O) groups excluding carboxylic acids is 4. The van der Waals surface area contributed by atoms with Gasteiger partial charge in [0.05, 0.1) is 30.0 Å². The normalized spacial score (nSPS) is 28.7. The minimum atomic E-state index is -0.583. The standard InChI is InChI=1S/C28H28N2O6/c1-2-35-21-9-5-19(6-10-21)29-15-18(14-23(29)31)28(34)36-22-11-7-20(8-12-22)30-26(32)24-16-3-4-17(13-16)25(24)27(30)33/h5-12,16-18,24-25H,2-4,13-15H2,1H3/t16-,17+,18-,24+,25+/m1/s1. The van der Waals surface area contributed by atoms with Crippen molar-refractivity contribution in [3.8, 4) is 11.5 Å². The largest absolute Gasteiger partial charge is 0.494 e. The lowest BCUT2D eigenvalue weighted by Crippen LogP contribution is -2.32. The number of hydrogen-bond donors (Lipinski definition) is 0. The van der Waals surface area contributed by atoms with Gasteiger partial charge in [0.15, 0.2) is 0 Å². The van der Waals surface area contributed by atoms with Gasteiger partial charge in [0, 0.05) is 18.7 Å². The number of imide groups is 1. The molecular formula is C28H28N2O6. The molecule has 2 aromatic carbocycles. The Hall–Kier alpha value is -3.68. The first-order valence-corrected chi connectivity index (χ1v) is 12.7. The van der Waals surface area contributed by atoms with Crippen molar-refractivity contribution in [3.63, 3.8) is 0 Å². The van der Waals surface area contributed by atoms with Gasteiger partial charge < -0.3 is 14.4 Å². The molecule has 8 nitrogen and oxygen atoms in total. The molecule has 36 heavy (non-hydrogen) atoms. The van der Waals surface area contributed by atoms with Crippen LogP contribution in [-0.2, 0) is 19.2 Å². The summed E-state index contributed by atoms with van der Waals surface area (Å²) in [7, 11) is 0. The maximum Gasteiger partial charge on any atom is 0.316 e. The van der Waals surface area contributed by atoms with E-state index in [0.717, 1.165) is 25.0 Å². The number of rotatable bonds is 6. The molecular weight excluding hydrogens is 460 g/mol. The number of benzene rings is 2. The second-order valence-corrected chi connectivity index (χ2v) is 10.1. The van der Waals surface area contributed by atoms with Gasteiger partial charge in [-0.2, -0.15) is 0 Å². The molecule has 2 saturated heterocycles. The highest BCUT2D eigenvalue weighted by Gasteiger charge is 2.61. The fourth-order valence-electron chi connectivity index (χ4n) is 6.53. The summed E-state index contributed by atoms with van der Waals surface area (Å²) in [5.74, 6) is -0.0434. The minimum Gasteiger partial charge on any atom is -0.494 e. The highest BCUT2D eigenvalue weighted by molar-refractivity contribution is 6.22.